The van der Waals surface area contributed by atoms with Crippen LogP contribution in [0.5, 0.6) is 0 Å². The van der Waals surface area contributed by atoms with E-state index in [1.165, 1.54) is 22.3 Å². The van der Waals surface area contributed by atoms with Gasteiger partial charge in [-0.05, 0) is 47.6 Å². The zero-order valence-electron chi connectivity index (χ0n) is 13.1. The van der Waals surface area contributed by atoms with Gasteiger partial charge in [0, 0.05) is 5.92 Å². The van der Waals surface area contributed by atoms with Crippen LogP contribution in [-0.2, 0) is 4.79 Å². The molecule has 0 aliphatic heterocycles. The predicted molar refractivity (Wildman–Crippen MR) is 92.5 cm³/mol. The highest BCUT2D eigenvalue weighted by Crippen LogP contribution is 2.31. The number of hydrogen-bond donors (Lipinski definition) is 0. The van der Waals surface area contributed by atoms with Gasteiger partial charge in [-0.1, -0.05) is 67.9 Å². The maximum Gasteiger partial charge on any atom is 0.159 e. The van der Waals surface area contributed by atoms with Gasteiger partial charge in [0.15, 0.2) is 5.78 Å². The first-order valence-electron chi connectivity index (χ1n) is 8.18. The van der Waals surface area contributed by atoms with Crippen molar-refractivity contribution in [2.75, 3.05) is 0 Å². The minimum Gasteiger partial charge on any atom is -0.295 e. The van der Waals surface area contributed by atoms with Gasteiger partial charge in [0.25, 0.3) is 0 Å². The Labute approximate surface area is 132 Å². The van der Waals surface area contributed by atoms with Gasteiger partial charge < -0.3 is 0 Å². The van der Waals surface area contributed by atoms with Crippen molar-refractivity contribution in [3.8, 4) is 11.1 Å². The lowest BCUT2D eigenvalue weighted by molar-refractivity contribution is -0.118. The Bertz CT molecular complexity index is 665. The van der Waals surface area contributed by atoms with Crippen molar-refractivity contribution >= 4 is 11.4 Å². The minimum atomic E-state index is 0.248. The quantitative estimate of drug-likeness (QED) is 0.725. The van der Waals surface area contributed by atoms with Crippen LogP contribution in [0, 0.1) is 5.92 Å². The van der Waals surface area contributed by atoms with Crippen LogP contribution in [0.15, 0.2) is 60.7 Å². The molecule has 2 aromatic rings. The zero-order valence-corrected chi connectivity index (χ0v) is 13.1. The summed E-state index contributed by atoms with van der Waals surface area (Å²) in [5.74, 6) is 0.563. The van der Waals surface area contributed by atoms with Crippen LogP contribution in [0.3, 0.4) is 0 Å². The molecule has 22 heavy (non-hydrogen) atoms. The zero-order chi connectivity index (χ0) is 15.4. The van der Waals surface area contributed by atoms with Crippen molar-refractivity contribution in [1.82, 2.24) is 0 Å². The van der Waals surface area contributed by atoms with Crippen molar-refractivity contribution in [1.29, 1.82) is 0 Å². The number of hydrogen-bond acceptors (Lipinski definition) is 1. The monoisotopic (exact) mass is 290 g/mol. The van der Waals surface area contributed by atoms with Crippen LogP contribution in [0.25, 0.3) is 16.7 Å². The minimum absolute atomic E-state index is 0.248. The number of ketones is 1. The third-order valence-corrected chi connectivity index (χ3v) is 4.48. The molecular formula is C21H22O. The molecule has 1 heteroatoms. The predicted octanol–water partition coefficient (Wildman–Crippen LogP) is 5.52. The fourth-order valence-corrected chi connectivity index (χ4v) is 3.20. The molecule has 1 atom stereocenters. The topological polar surface area (TPSA) is 17.1 Å². The maximum absolute atomic E-state index is 12.2. The van der Waals surface area contributed by atoms with E-state index in [4.69, 9.17) is 0 Å². The second kappa shape index (κ2) is 6.74. The molecule has 2 aromatic carbocycles. The molecule has 112 valence electrons. The van der Waals surface area contributed by atoms with Crippen LogP contribution in [0.2, 0.25) is 0 Å². The van der Waals surface area contributed by atoms with E-state index in [1.54, 1.807) is 0 Å². The molecule has 0 fully saturated rings. The molecule has 1 aliphatic rings. The first kappa shape index (κ1) is 14.8. The second-order valence-electron chi connectivity index (χ2n) is 6.04. The molecule has 0 saturated heterocycles. The van der Waals surface area contributed by atoms with E-state index in [2.05, 4.69) is 55.5 Å². The van der Waals surface area contributed by atoms with E-state index in [0.29, 0.717) is 5.78 Å². The molecule has 1 nitrogen and oxygen atoms in total. The summed E-state index contributed by atoms with van der Waals surface area (Å²) < 4.78 is 0. The van der Waals surface area contributed by atoms with Crippen LogP contribution >= 0.6 is 0 Å². The van der Waals surface area contributed by atoms with Gasteiger partial charge in [0.1, 0.15) is 0 Å². The third-order valence-electron chi connectivity index (χ3n) is 4.48. The summed E-state index contributed by atoms with van der Waals surface area (Å²) in [6.07, 6.45) is 6.00. The lowest BCUT2D eigenvalue weighted by Crippen LogP contribution is -2.16. The van der Waals surface area contributed by atoms with E-state index in [-0.39, 0.29) is 5.92 Å². The van der Waals surface area contributed by atoms with Gasteiger partial charge in [-0.3, -0.25) is 4.79 Å². The molecule has 1 aliphatic carbocycles. The number of benzene rings is 2. The van der Waals surface area contributed by atoms with E-state index >= 15 is 0 Å². The van der Waals surface area contributed by atoms with Gasteiger partial charge in [0.05, 0.1) is 0 Å². The molecule has 0 bridgehead atoms. The van der Waals surface area contributed by atoms with E-state index in [1.807, 2.05) is 12.1 Å². The lowest BCUT2D eigenvalue weighted by Gasteiger charge is -2.20. The van der Waals surface area contributed by atoms with Gasteiger partial charge >= 0.3 is 0 Å². The summed E-state index contributed by atoms with van der Waals surface area (Å²) in [7, 11) is 0. The second-order valence-corrected chi connectivity index (χ2v) is 6.04. The Hall–Kier alpha value is -2.15. The van der Waals surface area contributed by atoms with Crippen LogP contribution in [-0.4, -0.2) is 5.78 Å². The summed E-state index contributed by atoms with van der Waals surface area (Å²) >= 11 is 0. The van der Waals surface area contributed by atoms with Crippen molar-refractivity contribution in [2.45, 2.75) is 32.6 Å². The number of allylic oxidation sites excluding steroid dienone is 2. The van der Waals surface area contributed by atoms with Crippen LogP contribution < -0.4 is 0 Å². The molecule has 0 saturated carbocycles. The van der Waals surface area contributed by atoms with Crippen molar-refractivity contribution in [3.05, 3.63) is 66.2 Å². The molecule has 0 spiro atoms. The van der Waals surface area contributed by atoms with Gasteiger partial charge in [-0.2, -0.15) is 0 Å². The Morgan fingerprint density at radius 3 is 2.18 bits per heavy atom. The van der Waals surface area contributed by atoms with E-state index in [9.17, 15) is 4.79 Å². The Morgan fingerprint density at radius 2 is 1.55 bits per heavy atom. The van der Waals surface area contributed by atoms with Crippen LogP contribution in [0.1, 0.15) is 38.2 Å². The molecule has 0 aromatic heterocycles. The Kier molecular flexibility index (Phi) is 4.53. The number of carbonyl (C=O) groups excluding carboxylic acids is 1. The van der Waals surface area contributed by atoms with Crippen molar-refractivity contribution in [3.63, 3.8) is 0 Å². The summed E-state index contributed by atoms with van der Waals surface area (Å²) in [4.78, 5) is 12.2. The number of carbonyl (C=O) groups is 1. The standard InChI is InChI=1S/C21H22O/c1-2-6-19-13-14-20(15-21(19)22)18-11-9-17(10-12-18)16-7-4-3-5-8-16/h3-5,7-12,15,19H,2,6,13-14H2,1H3. The molecule has 0 radical (unpaired) electrons. The molecule has 0 amide bonds. The fourth-order valence-electron chi connectivity index (χ4n) is 3.20. The molecule has 0 N–H and O–H groups in total. The Balaban J connectivity index is 1.79. The molecule has 0 heterocycles. The van der Waals surface area contributed by atoms with Gasteiger partial charge in [-0.25, -0.2) is 0 Å². The van der Waals surface area contributed by atoms with Crippen molar-refractivity contribution < 1.29 is 4.79 Å². The third kappa shape index (κ3) is 3.19. The summed E-state index contributed by atoms with van der Waals surface area (Å²) in [6, 6.07) is 19.0. The van der Waals surface area contributed by atoms with Crippen LogP contribution in [0.4, 0.5) is 0 Å². The highest BCUT2D eigenvalue weighted by molar-refractivity contribution is 6.00. The van der Waals surface area contributed by atoms with E-state index in [0.717, 1.165) is 25.7 Å². The average Bonchev–Trinajstić information content (AvgIpc) is 2.58. The average molecular weight is 290 g/mol. The van der Waals surface area contributed by atoms with Crippen molar-refractivity contribution in [2.24, 2.45) is 5.92 Å². The lowest BCUT2D eigenvalue weighted by atomic mass is 9.83. The number of rotatable bonds is 4. The van der Waals surface area contributed by atoms with E-state index < -0.39 is 0 Å². The Morgan fingerprint density at radius 1 is 0.909 bits per heavy atom. The SMILES string of the molecule is CCCC1CCC(c2ccc(-c3ccccc3)cc2)=CC1=O. The normalized spacial score (nSPS) is 18.1. The van der Waals surface area contributed by atoms with Gasteiger partial charge in [-0.15, -0.1) is 0 Å². The first-order valence-corrected chi connectivity index (χ1v) is 8.18. The fraction of sp³-hybridized carbons (Fsp3) is 0.286. The highest BCUT2D eigenvalue weighted by atomic mass is 16.1. The summed E-state index contributed by atoms with van der Waals surface area (Å²) in [5.41, 5.74) is 4.82. The smallest absolute Gasteiger partial charge is 0.159 e. The highest BCUT2D eigenvalue weighted by Gasteiger charge is 2.21. The maximum atomic E-state index is 12.2. The summed E-state index contributed by atoms with van der Waals surface area (Å²) in [6.45, 7) is 2.15. The molecule has 3 rings (SSSR count). The van der Waals surface area contributed by atoms with Gasteiger partial charge in [0.2, 0.25) is 0 Å². The summed E-state index contributed by atoms with van der Waals surface area (Å²) in [5, 5.41) is 0. The molecular weight excluding hydrogens is 268 g/mol. The molecule has 1 unspecified atom stereocenters. The largest absolute Gasteiger partial charge is 0.295 e. The first-order chi connectivity index (χ1) is 10.8.